The van der Waals surface area contributed by atoms with Crippen LogP contribution < -0.4 is 0 Å². The molecule has 0 unspecified atom stereocenters. The minimum absolute atomic E-state index is 0.236. The van der Waals surface area contributed by atoms with Gasteiger partial charge in [0.05, 0.1) is 12.2 Å². The van der Waals surface area contributed by atoms with E-state index in [0.29, 0.717) is 17.9 Å². The van der Waals surface area contributed by atoms with Crippen LogP contribution in [-0.4, -0.2) is 47.3 Å². The number of carboxylic acid groups (broad SMARTS) is 1. The lowest BCUT2D eigenvalue weighted by Gasteiger charge is -2.39. The van der Waals surface area contributed by atoms with E-state index in [2.05, 4.69) is 52.3 Å². The van der Waals surface area contributed by atoms with Crippen LogP contribution in [0.15, 0.2) is 72.9 Å². The monoisotopic (exact) mass is 508 g/mol. The molecular formula is C33H33FN2O2. The van der Waals surface area contributed by atoms with Gasteiger partial charge in [0.2, 0.25) is 0 Å². The molecule has 1 aromatic heterocycles. The van der Waals surface area contributed by atoms with Crippen LogP contribution in [0.2, 0.25) is 0 Å². The van der Waals surface area contributed by atoms with E-state index in [9.17, 15) is 14.3 Å². The van der Waals surface area contributed by atoms with Crippen molar-refractivity contribution in [3.63, 3.8) is 0 Å². The zero-order valence-corrected chi connectivity index (χ0v) is 21.6. The fraction of sp³-hybridized carbons (Fsp3) is 0.303. The zero-order chi connectivity index (χ0) is 26.1. The second kappa shape index (κ2) is 10.6. The van der Waals surface area contributed by atoms with E-state index in [4.69, 9.17) is 0 Å². The Labute approximate surface area is 222 Å². The van der Waals surface area contributed by atoms with Crippen molar-refractivity contribution >= 4 is 28.0 Å². The molecule has 6 rings (SSSR count). The van der Waals surface area contributed by atoms with Gasteiger partial charge in [0.1, 0.15) is 0 Å². The van der Waals surface area contributed by atoms with E-state index in [-0.39, 0.29) is 6.67 Å². The van der Waals surface area contributed by atoms with Crippen molar-refractivity contribution in [2.75, 3.05) is 26.3 Å². The molecule has 1 aliphatic carbocycles. The number of aromatic nitrogens is 1. The number of nitrogens with zero attached hydrogens (tertiary/aromatic N) is 1. The number of allylic oxidation sites excluding steroid dienone is 1. The average molecular weight is 509 g/mol. The van der Waals surface area contributed by atoms with Gasteiger partial charge in [-0.1, -0.05) is 42.5 Å². The Bertz CT molecular complexity index is 1500. The van der Waals surface area contributed by atoms with Crippen molar-refractivity contribution in [2.24, 2.45) is 5.92 Å². The average Bonchev–Trinajstić information content (AvgIpc) is 3.31. The van der Waals surface area contributed by atoms with E-state index >= 15 is 0 Å². The van der Waals surface area contributed by atoms with Crippen LogP contribution in [0.4, 0.5) is 4.39 Å². The molecule has 0 saturated carbocycles. The number of aromatic carboxylic acids is 1. The molecule has 0 atom stereocenters. The van der Waals surface area contributed by atoms with E-state index in [1.807, 2.05) is 24.4 Å². The largest absolute Gasteiger partial charge is 0.478 e. The quantitative estimate of drug-likeness (QED) is 0.270. The Morgan fingerprint density at radius 3 is 2.63 bits per heavy atom. The predicted molar refractivity (Wildman–Crippen MR) is 151 cm³/mol. The van der Waals surface area contributed by atoms with Gasteiger partial charge in [-0.05, 0) is 101 Å². The lowest BCUT2D eigenvalue weighted by atomic mass is 9.85. The number of benzene rings is 3. The number of carbonyl (C=O) groups is 1. The number of H-pyrrole nitrogens is 1. The van der Waals surface area contributed by atoms with Gasteiger partial charge in [-0.2, -0.15) is 0 Å². The molecule has 5 heteroatoms. The van der Waals surface area contributed by atoms with Gasteiger partial charge in [0.15, 0.2) is 0 Å². The Balaban J connectivity index is 1.39. The van der Waals surface area contributed by atoms with E-state index in [1.54, 1.807) is 6.07 Å². The molecule has 2 heterocycles. The number of aromatic amines is 1. The summed E-state index contributed by atoms with van der Waals surface area (Å²) in [6.45, 7) is 2.73. The summed E-state index contributed by atoms with van der Waals surface area (Å²) in [6, 6.07) is 22.9. The Kier molecular flexibility index (Phi) is 6.86. The van der Waals surface area contributed by atoms with Crippen LogP contribution in [0.1, 0.15) is 57.4 Å². The van der Waals surface area contributed by atoms with Crippen molar-refractivity contribution in [2.45, 2.75) is 32.1 Å². The number of hydrogen-bond donors (Lipinski definition) is 2. The smallest absolute Gasteiger partial charge is 0.335 e. The summed E-state index contributed by atoms with van der Waals surface area (Å²) in [5.41, 5.74) is 9.94. The summed E-state index contributed by atoms with van der Waals surface area (Å²) in [7, 11) is 0. The Morgan fingerprint density at radius 2 is 1.84 bits per heavy atom. The predicted octanol–water partition coefficient (Wildman–Crippen LogP) is 7.00. The van der Waals surface area contributed by atoms with Crippen molar-refractivity contribution in [1.82, 2.24) is 9.88 Å². The van der Waals surface area contributed by atoms with Crippen molar-refractivity contribution in [1.29, 1.82) is 0 Å². The molecule has 38 heavy (non-hydrogen) atoms. The molecular weight excluding hydrogens is 475 g/mol. The highest BCUT2D eigenvalue weighted by Gasteiger charge is 2.26. The van der Waals surface area contributed by atoms with Crippen LogP contribution in [0.5, 0.6) is 0 Å². The van der Waals surface area contributed by atoms with Crippen molar-refractivity contribution < 1.29 is 14.3 Å². The number of nitrogens with one attached hydrogen (secondary N) is 1. The van der Waals surface area contributed by atoms with E-state index in [1.165, 1.54) is 38.8 Å². The molecule has 1 saturated heterocycles. The summed E-state index contributed by atoms with van der Waals surface area (Å²) < 4.78 is 12.5. The van der Waals surface area contributed by atoms with Crippen LogP contribution in [-0.2, 0) is 12.8 Å². The highest BCUT2D eigenvalue weighted by atomic mass is 19.1. The van der Waals surface area contributed by atoms with Gasteiger partial charge in [-0.3, -0.25) is 4.39 Å². The van der Waals surface area contributed by atoms with Crippen LogP contribution in [0.25, 0.3) is 22.0 Å². The topological polar surface area (TPSA) is 56.3 Å². The highest BCUT2D eigenvalue weighted by Crippen LogP contribution is 2.42. The Hall–Kier alpha value is -3.70. The van der Waals surface area contributed by atoms with Crippen molar-refractivity contribution in [3.8, 4) is 0 Å². The minimum atomic E-state index is -0.902. The lowest BCUT2D eigenvalue weighted by molar-refractivity contribution is 0.0697. The molecule has 0 bridgehead atoms. The number of halogens is 1. The number of likely N-dealkylation sites (tertiary alicyclic amines) is 1. The van der Waals surface area contributed by atoms with Crippen LogP contribution in [0, 0.1) is 5.92 Å². The maximum atomic E-state index is 12.5. The number of carboxylic acids is 1. The standard InChI is InChI=1S/C33H33FN2O2/c34-15-3-17-36-20-23(21-36)18-22-8-10-24(11-9-22)32-27(25-4-1-5-26(19-25)33(37)38)6-2-7-28-29-14-16-35-31(29)13-12-30(28)32/h1,4-5,8-14,16,19,23,35H,2-3,6-7,15,17-18,20-21H2,(H,37,38). The molecule has 2 aliphatic rings. The van der Waals surface area contributed by atoms with E-state index in [0.717, 1.165) is 56.4 Å². The minimum Gasteiger partial charge on any atom is -0.478 e. The second-order valence-corrected chi connectivity index (χ2v) is 10.7. The fourth-order valence-electron chi connectivity index (χ4n) is 6.30. The van der Waals surface area contributed by atoms with Crippen LogP contribution >= 0.6 is 0 Å². The van der Waals surface area contributed by atoms with E-state index < -0.39 is 5.97 Å². The molecule has 194 valence electrons. The zero-order valence-electron chi connectivity index (χ0n) is 21.6. The normalized spacial score (nSPS) is 16.3. The van der Waals surface area contributed by atoms with Gasteiger partial charge in [-0.25, -0.2) is 4.79 Å². The third-order valence-corrected chi connectivity index (χ3v) is 8.14. The molecule has 4 aromatic rings. The first-order valence-corrected chi connectivity index (χ1v) is 13.6. The molecule has 1 aliphatic heterocycles. The number of hydrogen-bond acceptors (Lipinski definition) is 2. The lowest BCUT2D eigenvalue weighted by Crippen LogP contribution is -2.47. The number of fused-ring (bicyclic) bond motifs is 3. The maximum Gasteiger partial charge on any atom is 0.335 e. The van der Waals surface area contributed by atoms with Gasteiger partial charge in [0, 0.05) is 36.7 Å². The SMILES string of the molecule is O=C(O)c1cccc(C2=C(c3ccc(CC4CN(CCCF)C4)cc3)c3ccc4[nH]ccc4c3CCC2)c1. The number of rotatable bonds is 8. The molecule has 4 nitrogen and oxygen atoms in total. The van der Waals surface area contributed by atoms with Gasteiger partial charge >= 0.3 is 5.97 Å². The second-order valence-electron chi connectivity index (χ2n) is 10.7. The molecule has 0 spiro atoms. The fourth-order valence-corrected chi connectivity index (χ4v) is 6.30. The first-order chi connectivity index (χ1) is 18.6. The summed E-state index contributed by atoms with van der Waals surface area (Å²) in [6.07, 6.45) is 6.55. The first kappa shape index (κ1) is 24.6. The van der Waals surface area contributed by atoms with Gasteiger partial charge < -0.3 is 15.0 Å². The summed E-state index contributed by atoms with van der Waals surface area (Å²) in [5.74, 6) is -0.268. The van der Waals surface area contributed by atoms with Crippen LogP contribution in [0.3, 0.4) is 0 Å². The van der Waals surface area contributed by atoms with Crippen molar-refractivity contribution in [3.05, 3.63) is 106 Å². The van der Waals surface area contributed by atoms with Gasteiger partial charge in [0.25, 0.3) is 0 Å². The third kappa shape index (κ3) is 4.79. The molecule has 0 amide bonds. The molecule has 3 aromatic carbocycles. The van der Waals surface area contributed by atoms with Gasteiger partial charge in [-0.15, -0.1) is 0 Å². The maximum absolute atomic E-state index is 12.5. The molecule has 0 radical (unpaired) electrons. The summed E-state index contributed by atoms with van der Waals surface area (Å²) >= 11 is 0. The number of alkyl halides is 1. The first-order valence-electron chi connectivity index (χ1n) is 13.6. The highest BCUT2D eigenvalue weighted by molar-refractivity contribution is 6.03. The third-order valence-electron chi connectivity index (χ3n) is 8.14. The molecule has 2 N–H and O–H groups in total. The Morgan fingerprint density at radius 1 is 1.00 bits per heavy atom. The summed E-state index contributed by atoms with van der Waals surface area (Å²) in [5, 5.41) is 10.9. The summed E-state index contributed by atoms with van der Waals surface area (Å²) in [4.78, 5) is 17.5. The number of aryl methyl sites for hydroxylation is 1. The molecule has 1 fully saturated rings.